The summed E-state index contributed by atoms with van der Waals surface area (Å²) >= 11 is 0. The molecule has 2 nitrogen and oxygen atoms in total. The van der Waals surface area contributed by atoms with Crippen LogP contribution in [-0.2, 0) is 6.61 Å². The van der Waals surface area contributed by atoms with Crippen molar-refractivity contribution in [1.82, 2.24) is 4.90 Å². The van der Waals surface area contributed by atoms with Crippen LogP contribution in [0.3, 0.4) is 0 Å². The molecular weight excluding hydrogens is 234 g/mol. The van der Waals surface area contributed by atoms with Gasteiger partial charge >= 0.3 is 0 Å². The van der Waals surface area contributed by atoms with Crippen molar-refractivity contribution in [2.24, 2.45) is 0 Å². The van der Waals surface area contributed by atoms with E-state index >= 15 is 0 Å². The minimum Gasteiger partial charge on any atom is -0.392 e. The number of likely N-dealkylation sites (tertiary alicyclic amines) is 1. The normalized spacial score (nSPS) is 16.9. The van der Waals surface area contributed by atoms with Crippen molar-refractivity contribution in [3.05, 3.63) is 71.3 Å². The molecule has 3 rings (SSSR count). The van der Waals surface area contributed by atoms with E-state index < -0.39 is 0 Å². The summed E-state index contributed by atoms with van der Waals surface area (Å²) in [4.78, 5) is 2.49. The Kier molecular flexibility index (Phi) is 3.62. The molecule has 1 N–H and O–H groups in total. The summed E-state index contributed by atoms with van der Waals surface area (Å²) in [5.41, 5.74) is 3.59. The minimum atomic E-state index is 0.106. The highest BCUT2D eigenvalue weighted by Gasteiger charge is 2.26. The molecule has 0 spiro atoms. The number of rotatable bonds is 4. The molecule has 1 atom stereocenters. The number of hydrogen-bond donors (Lipinski definition) is 1. The molecule has 0 amide bonds. The molecule has 1 aliphatic heterocycles. The van der Waals surface area contributed by atoms with Gasteiger partial charge in [0.1, 0.15) is 0 Å². The molecule has 1 fully saturated rings. The molecule has 1 saturated heterocycles. The SMILES string of the molecule is OCc1cccc(C(c2ccccc2)N2CCC2)c1. The maximum absolute atomic E-state index is 9.31. The van der Waals surface area contributed by atoms with Gasteiger partial charge < -0.3 is 5.11 Å². The Morgan fingerprint density at radius 1 is 0.947 bits per heavy atom. The third-order valence-corrected chi connectivity index (χ3v) is 3.82. The molecule has 1 heterocycles. The van der Waals surface area contributed by atoms with E-state index in [0.29, 0.717) is 6.04 Å². The largest absolute Gasteiger partial charge is 0.392 e. The van der Waals surface area contributed by atoms with Crippen molar-refractivity contribution in [2.75, 3.05) is 13.1 Å². The van der Waals surface area contributed by atoms with E-state index in [9.17, 15) is 5.11 Å². The second-order valence-electron chi connectivity index (χ2n) is 5.11. The lowest BCUT2D eigenvalue weighted by atomic mass is 9.93. The average molecular weight is 253 g/mol. The summed E-state index contributed by atoms with van der Waals surface area (Å²) in [6.45, 7) is 2.42. The molecule has 1 unspecified atom stereocenters. The fraction of sp³-hybridized carbons (Fsp3) is 0.294. The van der Waals surface area contributed by atoms with Gasteiger partial charge in [-0.25, -0.2) is 0 Å². The van der Waals surface area contributed by atoms with Crippen molar-refractivity contribution in [1.29, 1.82) is 0 Å². The fourth-order valence-corrected chi connectivity index (χ4v) is 2.71. The second-order valence-corrected chi connectivity index (χ2v) is 5.11. The molecule has 0 aliphatic carbocycles. The Labute approximate surface area is 114 Å². The van der Waals surface area contributed by atoms with Crippen molar-refractivity contribution < 1.29 is 5.11 Å². The minimum absolute atomic E-state index is 0.106. The van der Waals surface area contributed by atoms with Crippen LogP contribution in [0.15, 0.2) is 54.6 Å². The summed E-state index contributed by atoms with van der Waals surface area (Å²) in [5.74, 6) is 0. The van der Waals surface area contributed by atoms with Crippen LogP contribution < -0.4 is 0 Å². The summed E-state index contributed by atoms with van der Waals surface area (Å²) in [6, 6.07) is 19.2. The first-order valence-electron chi connectivity index (χ1n) is 6.87. The molecular formula is C17H19NO. The molecule has 0 saturated carbocycles. The molecule has 2 aromatic rings. The van der Waals surface area contributed by atoms with E-state index in [1.54, 1.807) is 0 Å². The molecule has 0 radical (unpaired) electrons. The molecule has 0 aromatic heterocycles. The maximum Gasteiger partial charge on any atom is 0.0681 e. The van der Waals surface area contributed by atoms with Gasteiger partial charge in [0.15, 0.2) is 0 Å². The Hall–Kier alpha value is -1.64. The first kappa shape index (κ1) is 12.4. The van der Waals surface area contributed by atoms with E-state index in [-0.39, 0.29) is 6.61 Å². The van der Waals surface area contributed by atoms with Crippen LogP contribution in [0.25, 0.3) is 0 Å². The fourth-order valence-electron chi connectivity index (χ4n) is 2.71. The molecule has 2 heteroatoms. The van der Waals surface area contributed by atoms with Crippen molar-refractivity contribution in [3.8, 4) is 0 Å². The van der Waals surface area contributed by atoms with Crippen LogP contribution >= 0.6 is 0 Å². The number of aliphatic hydroxyl groups is 1. The van der Waals surface area contributed by atoms with Gasteiger partial charge in [-0.05, 0) is 23.1 Å². The van der Waals surface area contributed by atoms with E-state index in [1.165, 1.54) is 17.5 Å². The van der Waals surface area contributed by atoms with E-state index in [1.807, 2.05) is 12.1 Å². The monoisotopic (exact) mass is 253 g/mol. The van der Waals surface area contributed by atoms with Crippen LogP contribution in [0, 0.1) is 0 Å². The standard InChI is InChI=1S/C17H19NO/c19-13-14-6-4-9-16(12-14)17(18-10-5-11-18)15-7-2-1-3-8-15/h1-4,6-9,12,17,19H,5,10-11,13H2. The third-order valence-electron chi connectivity index (χ3n) is 3.82. The van der Waals surface area contributed by atoms with Crippen LogP contribution in [0.2, 0.25) is 0 Å². The zero-order chi connectivity index (χ0) is 13.1. The smallest absolute Gasteiger partial charge is 0.0681 e. The van der Waals surface area contributed by atoms with Gasteiger partial charge in [-0.15, -0.1) is 0 Å². The van der Waals surface area contributed by atoms with Crippen molar-refractivity contribution in [3.63, 3.8) is 0 Å². The molecule has 0 bridgehead atoms. The van der Waals surface area contributed by atoms with Gasteiger partial charge in [0, 0.05) is 13.1 Å². The van der Waals surface area contributed by atoms with Gasteiger partial charge in [0.2, 0.25) is 0 Å². The zero-order valence-electron chi connectivity index (χ0n) is 11.0. The van der Waals surface area contributed by atoms with Crippen LogP contribution in [0.5, 0.6) is 0 Å². The first-order valence-corrected chi connectivity index (χ1v) is 6.87. The van der Waals surface area contributed by atoms with E-state index in [2.05, 4.69) is 47.4 Å². The van der Waals surface area contributed by atoms with Crippen molar-refractivity contribution >= 4 is 0 Å². The quantitative estimate of drug-likeness (QED) is 0.905. The number of aliphatic hydroxyl groups excluding tert-OH is 1. The Morgan fingerprint density at radius 2 is 1.68 bits per heavy atom. The Balaban J connectivity index is 1.99. The maximum atomic E-state index is 9.31. The molecule has 98 valence electrons. The highest BCUT2D eigenvalue weighted by atomic mass is 16.3. The van der Waals surface area contributed by atoms with Gasteiger partial charge in [-0.3, -0.25) is 4.90 Å². The molecule has 19 heavy (non-hydrogen) atoms. The van der Waals surface area contributed by atoms with Gasteiger partial charge in [0.25, 0.3) is 0 Å². The number of benzene rings is 2. The van der Waals surface area contributed by atoms with Gasteiger partial charge in [0.05, 0.1) is 12.6 Å². The second kappa shape index (κ2) is 5.55. The summed E-state index contributed by atoms with van der Waals surface area (Å²) < 4.78 is 0. The lowest BCUT2D eigenvalue weighted by Gasteiger charge is -2.39. The van der Waals surface area contributed by atoms with Crippen LogP contribution in [-0.4, -0.2) is 23.1 Å². The third kappa shape index (κ3) is 2.55. The topological polar surface area (TPSA) is 23.5 Å². The lowest BCUT2D eigenvalue weighted by Crippen LogP contribution is -2.40. The number of nitrogens with zero attached hydrogens (tertiary/aromatic N) is 1. The summed E-state index contributed by atoms with van der Waals surface area (Å²) in [5, 5.41) is 9.31. The van der Waals surface area contributed by atoms with Gasteiger partial charge in [-0.2, -0.15) is 0 Å². The highest BCUT2D eigenvalue weighted by Crippen LogP contribution is 2.32. The van der Waals surface area contributed by atoms with Crippen LogP contribution in [0.1, 0.15) is 29.2 Å². The van der Waals surface area contributed by atoms with Crippen molar-refractivity contribution in [2.45, 2.75) is 19.1 Å². The molecule has 2 aromatic carbocycles. The Morgan fingerprint density at radius 3 is 2.32 bits per heavy atom. The predicted molar refractivity (Wildman–Crippen MR) is 76.8 cm³/mol. The first-order chi connectivity index (χ1) is 9.38. The number of hydrogen-bond acceptors (Lipinski definition) is 2. The zero-order valence-corrected chi connectivity index (χ0v) is 11.0. The van der Waals surface area contributed by atoms with Crippen LogP contribution in [0.4, 0.5) is 0 Å². The lowest BCUT2D eigenvalue weighted by molar-refractivity contribution is 0.140. The summed E-state index contributed by atoms with van der Waals surface area (Å²) in [7, 11) is 0. The predicted octanol–water partition coefficient (Wildman–Crippen LogP) is 2.97. The molecule has 1 aliphatic rings. The van der Waals surface area contributed by atoms with E-state index in [4.69, 9.17) is 0 Å². The van der Waals surface area contributed by atoms with Gasteiger partial charge in [-0.1, -0.05) is 54.6 Å². The van der Waals surface area contributed by atoms with E-state index in [0.717, 1.165) is 18.7 Å². The average Bonchev–Trinajstić information content (AvgIpc) is 2.43. The summed E-state index contributed by atoms with van der Waals surface area (Å²) in [6.07, 6.45) is 1.28. The Bertz CT molecular complexity index is 534. The highest BCUT2D eigenvalue weighted by molar-refractivity contribution is 5.34.